The van der Waals surface area contributed by atoms with Gasteiger partial charge in [-0.1, -0.05) is 43.3 Å². The number of amides is 2. The number of rotatable bonds is 7. The number of ether oxygens (including phenoxy) is 1. The molecule has 1 aromatic heterocycles. The highest BCUT2D eigenvalue weighted by Gasteiger charge is 2.23. The second-order valence-electron chi connectivity index (χ2n) is 6.46. The zero-order chi connectivity index (χ0) is 21.7. The van der Waals surface area contributed by atoms with Gasteiger partial charge in [-0.3, -0.25) is 19.2 Å². The van der Waals surface area contributed by atoms with Crippen LogP contribution in [0.1, 0.15) is 23.8 Å². The Morgan fingerprint density at radius 3 is 2.33 bits per heavy atom. The lowest BCUT2D eigenvalue weighted by molar-refractivity contribution is -0.155. The van der Waals surface area contributed by atoms with Crippen molar-refractivity contribution >= 4 is 34.2 Å². The van der Waals surface area contributed by atoms with E-state index >= 15 is 0 Å². The number of primary amides is 1. The van der Waals surface area contributed by atoms with Gasteiger partial charge < -0.3 is 15.8 Å². The van der Waals surface area contributed by atoms with Gasteiger partial charge in [0, 0.05) is 11.1 Å². The van der Waals surface area contributed by atoms with Gasteiger partial charge in [-0.2, -0.15) is 5.10 Å². The largest absolute Gasteiger partial charge is 0.451 e. The zero-order valence-corrected chi connectivity index (χ0v) is 16.2. The van der Waals surface area contributed by atoms with Gasteiger partial charge in [0.2, 0.25) is 0 Å². The van der Waals surface area contributed by atoms with Crippen molar-refractivity contribution in [2.24, 2.45) is 5.73 Å². The van der Waals surface area contributed by atoms with Crippen LogP contribution in [0.25, 0.3) is 10.8 Å². The van der Waals surface area contributed by atoms with E-state index in [4.69, 9.17) is 10.5 Å². The summed E-state index contributed by atoms with van der Waals surface area (Å²) in [5, 5.41) is 7.07. The summed E-state index contributed by atoms with van der Waals surface area (Å²) >= 11 is 0. The molecule has 2 aromatic carbocycles. The van der Waals surface area contributed by atoms with E-state index < -0.39 is 36.0 Å². The predicted molar refractivity (Wildman–Crippen MR) is 110 cm³/mol. The van der Waals surface area contributed by atoms with Crippen LogP contribution in [-0.4, -0.2) is 33.7 Å². The van der Waals surface area contributed by atoms with E-state index in [-0.39, 0.29) is 17.5 Å². The normalized spacial score (nSPS) is 11.6. The molecule has 0 aliphatic carbocycles. The molecule has 1 unspecified atom stereocenters. The van der Waals surface area contributed by atoms with Crippen LogP contribution < -0.4 is 16.6 Å². The highest BCUT2D eigenvalue weighted by Crippen LogP contribution is 2.13. The molecule has 9 nitrogen and oxygen atoms in total. The van der Waals surface area contributed by atoms with Crippen molar-refractivity contribution in [2.45, 2.75) is 26.0 Å². The molecule has 0 fully saturated rings. The molecule has 3 aromatic rings. The molecular formula is C21H20N4O5. The van der Waals surface area contributed by atoms with Crippen LogP contribution in [0.2, 0.25) is 0 Å². The Morgan fingerprint density at radius 2 is 1.70 bits per heavy atom. The first-order valence-corrected chi connectivity index (χ1v) is 9.25. The molecular weight excluding hydrogens is 388 g/mol. The number of carbonyl (C=O) groups is 3. The molecule has 2 amide bonds. The van der Waals surface area contributed by atoms with Crippen molar-refractivity contribution in [1.29, 1.82) is 0 Å². The molecule has 0 saturated heterocycles. The molecule has 9 heteroatoms. The number of anilines is 1. The highest BCUT2D eigenvalue weighted by molar-refractivity contribution is 6.04. The van der Waals surface area contributed by atoms with E-state index in [0.29, 0.717) is 11.1 Å². The number of hydrogen-bond donors (Lipinski definition) is 2. The molecule has 0 radical (unpaired) electrons. The molecule has 3 N–H and O–H groups in total. The van der Waals surface area contributed by atoms with Gasteiger partial charge in [0.15, 0.2) is 11.8 Å². The van der Waals surface area contributed by atoms with E-state index in [2.05, 4.69) is 10.4 Å². The van der Waals surface area contributed by atoms with Gasteiger partial charge in [-0.25, -0.2) is 4.68 Å². The van der Waals surface area contributed by atoms with E-state index in [0.717, 1.165) is 4.68 Å². The van der Waals surface area contributed by atoms with E-state index in [1.807, 2.05) is 6.07 Å². The van der Waals surface area contributed by atoms with Crippen LogP contribution in [0.3, 0.4) is 0 Å². The quantitative estimate of drug-likeness (QED) is 0.569. The van der Waals surface area contributed by atoms with Crippen LogP contribution in [0.5, 0.6) is 0 Å². The SMILES string of the molecule is CCC(OC(=O)Cn1nc(C(N)=O)c2ccccc2c1=O)C(=O)Nc1ccccc1. The van der Waals surface area contributed by atoms with Gasteiger partial charge in [-0.05, 0) is 24.6 Å². The maximum absolute atomic E-state index is 12.6. The molecule has 0 bridgehead atoms. The summed E-state index contributed by atoms with van der Waals surface area (Å²) in [5.74, 6) is -2.17. The summed E-state index contributed by atoms with van der Waals surface area (Å²) in [5.41, 5.74) is 5.22. The van der Waals surface area contributed by atoms with E-state index in [1.54, 1.807) is 49.4 Å². The number of para-hydroxylation sites is 1. The maximum Gasteiger partial charge on any atom is 0.328 e. The van der Waals surface area contributed by atoms with Crippen LogP contribution >= 0.6 is 0 Å². The maximum atomic E-state index is 12.6. The van der Waals surface area contributed by atoms with Crippen molar-refractivity contribution in [3.63, 3.8) is 0 Å². The number of carbonyl (C=O) groups excluding carboxylic acids is 3. The third-order valence-corrected chi connectivity index (χ3v) is 4.36. The summed E-state index contributed by atoms with van der Waals surface area (Å²) in [6.07, 6.45) is -0.818. The van der Waals surface area contributed by atoms with Crippen molar-refractivity contribution < 1.29 is 19.1 Å². The van der Waals surface area contributed by atoms with Crippen LogP contribution in [-0.2, 0) is 20.9 Å². The molecule has 3 rings (SSSR count). The number of fused-ring (bicyclic) bond motifs is 1. The third-order valence-electron chi connectivity index (χ3n) is 4.36. The fourth-order valence-electron chi connectivity index (χ4n) is 2.91. The standard InChI is InChI=1S/C21H20N4O5/c1-2-16(20(28)23-13-8-4-3-5-9-13)30-17(26)12-25-21(29)15-11-7-6-10-14(15)18(24-25)19(22)27/h3-11,16H,2,12H2,1H3,(H2,22,27)(H,23,28). The topological polar surface area (TPSA) is 133 Å². The van der Waals surface area contributed by atoms with Crippen LogP contribution in [0.4, 0.5) is 5.69 Å². The summed E-state index contributed by atoms with van der Waals surface area (Å²) in [4.78, 5) is 49.1. The first-order valence-electron chi connectivity index (χ1n) is 9.25. The van der Waals surface area contributed by atoms with Crippen LogP contribution in [0, 0.1) is 0 Å². The number of nitrogens with zero attached hydrogens (tertiary/aromatic N) is 2. The number of nitrogens with one attached hydrogen (secondary N) is 1. The van der Waals surface area contributed by atoms with Gasteiger partial charge in [0.05, 0.1) is 5.39 Å². The van der Waals surface area contributed by atoms with Crippen molar-refractivity contribution in [2.75, 3.05) is 5.32 Å². The Kier molecular flexibility index (Phi) is 6.21. The third kappa shape index (κ3) is 4.52. The minimum Gasteiger partial charge on any atom is -0.451 e. The number of aromatic nitrogens is 2. The Hall–Kier alpha value is -4.01. The van der Waals surface area contributed by atoms with Crippen molar-refractivity contribution in [3.05, 3.63) is 70.6 Å². The lowest BCUT2D eigenvalue weighted by Crippen LogP contribution is -2.36. The molecule has 0 spiro atoms. The first kappa shape index (κ1) is 20.7. The second-order valence-corrected chi connectivity index (χ2v) is 6.46. The average Bonchev–Trinajstić information content (AvgIpc) is 2.74. The molecule has 1 heterocycles. The monoisotopic (exact) mass is 408 g/mol. The van der Waals surface area contributed by atoms with Crippen LogP contribution in [0.15, 0.2) is 59.4 Å². The minimum absolute atomic E-state index is 0.133. The second kappa shape index (κ2) is 8.99. The fourth-order valence-corrected chi connectivity index (χ4v) is 2.91. The average molecular weight is 408 g/mol. The number of esters is 1. The van der Waals surface area contributed by atoms with Crippen molar-refractivity contribution in [3.8, 4) is 0 Å². The summed E-state index contributed by atoms with van der Waals surface area (Å²) < 4.78 is 6.05. The minimum atomic E-state index is -1.05. The van der Waals surface area contributed by atoms with Gasteiger partial charge in [0.25, 0.3) is 17.4 Å². The fraction of sp³-hybridized carbons (Fsp3) is 0.190. The van der Waals surface area contributed by atoms with Gasteiger partial charge >= 0.3 is 5.97 Å². The molecule has 154 valence electrons. The lowest BCUT2D eigenvalue weighted by atomic mass is 10.1. The number of benzene rings is 2. The first-order chi connectivity index (χ1) is 14.4. The molecule has 30 heavy (non-hydrogen) atoms. The van der Waals surface area contributed by atoms with Gasteiger partial charge in [0.1, 0.15) is 6.54 Å². The number of hydrogen-bond acceptors (Lipinski definition) is 6. The molecule has 0 saturated carbocycles. The summed E-state index contributed by atoms with van der Waals surface area (Å²) in [7, 11) is 0. The Balaban J connectivity index is 1.79. The zero-order valence-electron chi connectivity index (χ0n) is 16.2. The molecule has 0 aliphatic heterocycles. The Morgan fingerprint density at radius 1 is 1.07 bits per heavy atom. The molecule has 1 atom stereocenters. The Bertz CT molecular complexity index is 1160. The summed E-state index contributed by atoms with van der Waals surface area (Å²) in [6, 6.07) is 15.1. The van der Waals surface area contributed by atoms with E-state index in [1.165, 1.54) is 6.07 Å². The predicted octanol–water partition coefficient (Wildman–Crippen LogP) is 1.46. The lowest BCUT2D eigenvalue weighted by Gasteiger charge is -2.16. The molecule has 0 aliphatic rings. The van der Waals surface area contributed by atoms with Crippen molar-refractivity contribution in [1.82, 2.24) is 9.78 Å². The van der Waals surface area contributed by atoms with Gasteiger partial charge in [-0.15, -0.1) is 0 Å². The smallest absolute Gasteiger partial charge is 0.328 e. The highest BCUT2D eigenvalue weighted by atomic mass is 16.5. The number of nitrogens with two attached hydrogens (primary N) is 1. The Labute approximate surface area is 171 Å². The summed E-state index contributed by atoms with van der Waals surface area (Å²) in [6.45, 7) is 1.12. The van der Waals surface area contributed by atoms with E-state index in [9.17, 15) is 19.2 Å².